The highest BCUT2D eigenvalue weighted by molar-refractivity contribution is 5.73. The number of hydrogen-bond acceptors (Lipinski definition) is 2. The van der Waals surface area contributed by atoms with Crippen LogP contribution in [0.15, 0.2) is 0 Å². The number of carbonyl (C=O) groups is 2. The van der Waals surface area contributed by atoms with Crippen molar-refractivity contribution in [2.45, 2.75) is 53.0 Å². The number of rotatable bonds is 3. The molecule has 2 atom stereocenters. The van der Waals surface area contributed by atoms with E-state index < -0.39 is 0 Å². The van der Waals surface area contributed by atoms with Crippen LogP contribution in [0.2, 0.25) is 0 Å². The summed E-state index contributed by atoms with van der Waals surface area (Å²) < 4.78 is 0. The van der Waals surface area contributed by atoms with Gasteiger partial charge >= 0.3 is 0 Å². The summed E-state index contributed by atoms with van der Waals surface area (Å²) in [6, 6.07) is 0.245. The van der Waals surface area contributed by atoms with Gasteiger partial charge < -0.3 is 10.6 Å². The van der Waals surface area contributed by atoms with E-state index in [9.17, 15) is 9.59 Å². The second kappa shape index (κ2) is 5.52. The molecule has 0 heterocycles. The smallest absolute Gasteiger partial charge is 0.217 e. The van der Waals surface area contributed by atoms with Gasteiger partial charge in [-0.2, -0.15) is 0 Å². The summed E-state index contributed by atoms with van der Waals surface area (Å²) in [6.45, 7) is 8.27. The number of amides is 2. The Bertz CT molecular complexity index is 300. The van der Waals surface area contributed by atoms with Crippen LogP contribution in [0.3, 0.4) is 0 Å². The lowest BCUT2D eigenvalue weighted by Gasteiger charge is -2.40. The number of nitrogens with one attached hydrogen (secondary N) is 2. The van der Waals surface area contributed by atoms with E-state index >= 15 is 0 Å². The van der Waals surface area contributed by atoms with Crippen molar-refractivity contribution in [2.24, 2.45) is 11.3 Å². The second-order valence-corrected chi connectivity index (χ2v) is 6.01. The molecule has 1 saturated carbocycles. The molecule has 1 aliphatic carbocycles. The zero-order valence-corrected chi connectivity index (χ0v) is 11.3. The van der Waals surface area contributed by atoms with Gasteiger partial charge in [-0.1, -0.05) is 13.8 Å². The highest BCUT2D eigenvalue weighted by atomic mass is 16.2. The average Bonchev–Trinajstić information content (AvgIpc) is 2.10. The average molecular weight is 240 g/mol. The summed E-state index contributed by atoms with van der Waals surface area (Å²) in [5.41, 5.74) is 0.231. The van der Waals surface area contributed by atoms with E-state index in [0.717, 1.165) is 25.8 Å². The largest absolute Gasteiger partial charge is 0.356 e. The van der Waals surface area contributed by atoms with E-state index in [1.807, 2.05) is 0 Å². The lowest BCUT2D eigenvalue weighted by molar-refractivity contribution is -0.121. The minimum Gasteiger partial charge on any atom is -0.356 e. The topological polar surface area (TPSA) is 58.2 Å². The highest BCUT2D eigenvalue weighted by Crippen LogP contribution is 2.38. The summed E-state index contributed by atoms with van der Waals surface area (Å²) in [5, 5.41) is 5.88. The molecule has 0 saturated heterocycles. The SMILES string of the molecule is CC(=O)NC[C@@H]1C[C@H](NC(C)=O)CC(C)(C)C1. The van der Waals surface area contributed by atoms with Crippen LogP contribution >= 0.6 is 0 Å². The summed E-state index contributed by atoms with van der Waals surface area (Å²) in [6.07, 6.45) is 3.08. The van der Waals surface area contributed by atoms with E-state index in [1.54, 1.807) is 13.8 Å². The predicted molar refractivity (Wildman–Crippen MR) is 67.4 cm³/mol. The summed E-state index contributed by atoms with van der Waals surface area (Å²) in [4.78, 5) is 22.0. The first-order valence-corrected chi connectivity index (χ1v) is 6.30. The van der Waals surface area contributed by atoms with Gasteiger partial charge in [0.2, 0.25) is 11.8 Å². The molecular weight excluding hydrogens is 216 g/mol. The summed E-state index contributed by atoms with van der Waals surface area (Å²) in [7, 11) is 0. The molecule has 0 aromatic rings. The minimum atomic E-state index is 0.0180. The van der Waals surface area contributed by atoms with Crippen molar-refractivity contribution in [3.05, 3.63) is 0 Å². The van der Waals surface area contributed by atoms with Crippen molar-refractivity contribution in [2.75, 3.05) is 6.54 Å². The van der Waals surface area contributed by atoms with Gasteiger partial charge in [0.15, 0.2) is 0 Å². The van der Waals surface area contributed by atoms with Crippen LogP contribution in [0.25, 0.3) is 0 Å². The molecule has 4 heteroatoms. The lowest BCUT2D eigenvalue weighted by atomic mass is 9.70. The fourth-order valence-corrected chi connectivity index (χ4v) is 2.94. The van der Waals surface area contributed by atoms with Gasteiger partial charge in [-0.15, -0.1) is 0 Å². The van der Waals surface area contributed by atoms with Crippen LogP contribution in [0.5, 0.6) is 0 Å². The van der Waals surface area contributed by atoms with Gasteiger partial charge in [0.05, 0.1) is 0 Å². The molecule has 98 valence electrons. The Morgan fingerprint density at radius 1 is 1.18 bits per heavy atom. The maximum atomic E-state index is 11.1. The Balaban J connectivity index is 2.54. The molecule has 1 aliphatic rings. The number of hydrogen-bond donors (Lipinski definition) is 2. The van der Waals surface area contributed by atoms with Crippen LogP contribution in [0, 0.1) is 11.3 Å². The van der Waals surface area contributed by atoms with Gasteiger partial charge in [-0.05, 0) is 30.6 Å². The molecule has 0 bridgehead atoms. The fourth-order valence-electron chi connectivity index (χ4n) is 2.94. The Morgan fingerprint density at radius 2 is 1.82 bits per heavy atom. The van der Waals surface area contributed by atoms with Crippen LogP contribution in [-0.2, 0) is 9.59 Å². The van der Waals surface area contributed by atoms with Crippen molar-refractivity contribution in [3.8, 4) is 0 Å². The molecule has 2 amide bonds. The van der Waals surface area contributed by atoms with Crippen LogP contribution in [0.1, 0.15) is 47.0 Å². The van der Waals surface area contributed by atoms with Gasteiger partial charge in [-0.25, -0.2) is 0 Å². The van der Waals surface area contributed by atoms with E-state index in [0.29, 0.717) is 5.92 Å². The van der Waals surface area contributed by atoms with Gasteiger partial charge in [-0.3, -0.25) is 9.59 Å². The van der Waals surface area contributed by atoms with Gasteiger partial charge in [0.25, 0.3) is 0 Å². The molecule has 4 nitrogen and oxygen atoms in total. The van der Waals surface area contributed by atoms with Gasteiger partial charge in [0, 0.05) is 26.4 Å². The first-order chi connectivity index (χ1) is 7.78. The summed E-state index contributed by atoms with van der Waals surface area (Å²) >= 11 is 0. The first-order valence-electron chi connectivity index (χ1n) is 6.30. The Labute approximate surface area is 104 Å². The van der Waals surface area contributed by atoms with E-state index in [1.165, 1.54) is 0 Å². The molecule has 1 rings (SSSR count). The Kier molecular flexibility index (Phi) is 4.54. The Hall–Kier alpha value is -1.06. The molecule has 1 fully saturated rings. The molecule has 0 spiro atoms. The summed E-state index contributed by atoms with van der Waals surface area (Å²) in [5.74, 6) is 0.509. The third-order valence-corrected chi connectivity index (χ3v) is 3.31. The molecule has 0 radical (unpaired) electrons. The van der Waals surface area contributed by atoms with Crippen molar-refractivity contribution in [1.82, 2.24) is 10.6 Å². The molecule has 17 heavy (non-hydrogen) atoms. The molecule has 0 aliphatic heterocycles. The maximum Gasteiger partial charge on any atom is 0.217 e. The van der Waals surface area contributed by atoms with E-state index in [2.05, 4.69) is 24.5 Å². The van der Waals surface area contributed by atoms with Crippen molar-refractivity contribution in [3.63, 3.8) is 0 Å². The van der Waals surface area contributed by atoms with Crippen LogP contribution in [0.4, 0.5) is 0 Å². The second-order valence-electron chi connectivity index (χ2n) is 6.01. The molecule has 2 N–H and O–H groups in total. The quantitative estimate of drug-likeness (QED) is 0.784. The van der Waals surface area contributed by atoms with Crippen molar-refractivity contribution < 1.29 is 9.59 Å². The molecule has 0 aromatic carbocycles. The van der Waals surface area contributed by atoms with E-state index in [4.69, 9.17) is 0 Å². The third-order valence-electron chi connectivity index (χ3n) is 3.31. The highest BCUT2D eigenvalue weighted by Gasteiger charge is 2.34. The van der Waals surface area contributed by atoms with Gasteiger partial charge in [0.1, 0.15) is 0 Å². The minimum absolute atomic E-state index is 0.0180. The third kappa shape index (κ3) is 5.20. The standard InChI is InChI=1S/C13H24N2O2/c1-9(16)14-8-11-5-12(15-10(2)17)7-13(3,4)6-11/h11-12H,5-8H2,1-4H3,(H,14,16)(H,15,17)/t11-,12+/m1/s1. The monoisotopic (exact) mass is 240 g/mol. The molecule has 0 aromatic heterocycles. The lowest BCUT2D eigenvalue weighted by Crippen LogP contribution is -2.45. The zero-order chi connectivity index (χ0) is 13.1. The van der Waals surface area contributed by atoms with Crippen molar-refractivity contribution >= 4 is 11.8 Å². The predicted octanol–water partition coefficient (Wildman–Crippen LogP) is 1.45. The van der Waals surface area contributed by atoms with E-state index in [-0.39, 0.29) is 23.3 Å². The van der Waals surface area contributed by atoms with Crippen LogP contribution in [-0.4, -0.2) is 24.4 Å². The maximum absolute atomic E-state index is 11.1. The fraction of sp³-hybridized carbons (Fsp3) is 0.846. The molecule has 0 unspecified atom stereocenters. The normalized spacial score (nSPS) is 27.3. The zero-order valence-electron chi connectivity index (χ0n) is 11.3. The Morgan fingerprint density at radius 3 is 2.35 bits per heavy atom. The number of carbonyl (C=O) groups excluding carboxylic acids is 2. The van der Waals surface area contributed by atoms with Crippen LogP contribution < -0.4 is 10.6 Å². The molecular formula is C13H24N2O2. The van der Waals surface area contributed by atoms with Crippen molar-refractivity contribution in [1.29, 1.82) is 0 Å². The first kappa shape index (κ1) is 14.0.